The zero-order valence-corrected chi connectivity index (χ0v) is 11.5. The summed E-state index contributed by atoms with van der Waals surface area (Å²) in [4.78, 5) is 11.9. The van der Waals surface area contributed by atoms with Gasteiger partial charge in [-0.1, -0.05) is 34.1 Å². The molecule has 3 N–H and O–H groups in total. The van der Waals surface area contributed by atoms with Crippen LogP contribution in [0.1, 0.15) is 15.9 Å². The molecule has 2 aromatic carbocycles. The molecule has 0 atom stereocenters. The summed E-state index contributed by atoms with van der Waals surface area (Å²) in [5, 5.41) is 21.9. The maximum atomic E-state index is 11.9. The molecule has 0 saturated heterocycles. The van der Waals surface area contributed by atoms with Crippen LogP contribution in [0.4, 0.5) is 0 Å². The maximum Gasteiger partial charge on any atom is 0.255 e. The second-order valence-corrected chi connectivity index (χ2v) is 4.89. The van der Waals surface area contributed by atoms with Crippen LogP contribution in [0.15, 0.2) is 46.9 Å². The number of para-hydroxylation sites is 1. The lowest BCUT2D eigenvalue weighted by atomic mass is 10.1. The highest BCUT2D eigenvalue weighted by molar-refractivity contribution is 9.10. The van der Waals surface area contributed by atoms with Gasteiger partial charge >= 0.3 is 0 Å². The van der Waals surface area contributed by atoms with Crippen molar-refractivity contribution in [3.63, 3.8) is 0 Å². The van der Waals surface area contributed by atoms with Gasteiger partial charge in [0.25, 0.3) is 5.91 Å². The Morgan fingerprint density at radius 3 is 2.53 bits per heavy atom. The molecular formula is C14H12BrNO3. The zero-order valence-electron chi connectivity index (χ0n) is 9.93. The van der Waals surface area contributed by atoms with Crippen molar-refractivity contribution in [2.45, 2.75) is 6.54 Å². The monoisotopic (exact) mass is 321 g/mol. The molecule has 0 aliphatic rings. The van der Waals surface area contributed by atoms with Gasteiger partial charge in [-0.2, -0.15) is 0 Å². The second kappa shape index (κ2) is 5.75. The van der Waals surface area contributed by atoms with Crippen molar-refractivity contribution in [1.29, 1.82) is 0 Å². The SMILES string of the molecule is O=C(NCc1ccccc1O)c1ccc(Br)cc1O. The Balaban J connectivity index is 2.08. The van der Waals surface area contributed by atoms with Crippen LogP contribution in [-0.4, -0.2) is 16.1 Å². The number of benzene rings is 2. The van der Waals surface area contributed by atoms with E-state index in [0.717, 1.165) is 0 Å². The van der Waals surface area contributed by atoms with Crippen molar-refractivity contribution in [3.8, 4) is 11.5 Å². The quantitative estimate of drug-likeness (QED) is 0.814. The number of rotatable bonds is 3. The van der Waals surface area contributed by atoms with Gasteiger partial charge < -0.3 is 15.5 Å². The van der Waals surface area contributed by atoms with Gasteiger partial charge in [-0.25, -0.2) is 0 Å². The van der Waals surface area contributed by atoms with Crippen LogP contribution in [0.3, 0.4) is 0 Å². The van der Waals surface area contributed by atoms with Crippen molar-refractivity contribution in [3.05, 3.63) is 58.1 Å². The topological polar surface area (TPSA) is 69.6 Å². The normalized spacial score (nSPS) is 10.2. The first kappa shape index (κ1) is 13.4. The van der Waals surface area contributed by atoms with E-state index in [0.29, 0.717) is 10.0 Å². The van der Waals surface area contributed by atoms with Gasteiger partial charge in [0.05, 0.1) is 5.56 Å². The van der Waals surface area contributed by atoms with Gasteiger partial charge in [-0.3, -0.25) is 4.79 Å². The third kappa shape index (κ3) is 3.26. The standard InChI is InChI=1S/C14H12BrNO3/c15-10-5-6-11(13(18)7-10)14(19)16-8-9-3-1-2-4-12(9)17/h1-7,17-18H,8H2,(H,16,19). The fourth-order valence-corrected chi connectivity index (χ4v) is 1.98. The van der Waals surface area contributed by atoms with Crippen LogP contribution >= 0.6 is 15.9 Å². The Bertz CT molecular complexity index is 613. The summed E-state index contributed by atoms with van der Waals surface area (Å²) >= 11 is 3.21. The number of halogens is 1. The van der Waals surface area contributed by atoms with Gasteiger partial charge in [0, 0.05) is 16.6 Å². The molecule has 1 amide bonds. The van der Waals surface area contributed by atoms with E-state index < -0.39 is 5.91 Å². The van der Waals surface area contributed by atoms with E-state index in [-0.39, 0.29) is 23.6 Å². The number of amides is 1. The van der Waals surface area contributed by atoms with E-state index in [2.05, 4.69) is 21.2 Å². The summed E-state index contributed by atoms with van der Waals surface area (Å²) in [5.41, 5.74) is 0.811. The van der Waals surface area contributed by atoms with Gasteiger partial charge in [0.2, 0.25) is 0 Å². The van der Waals surface area contributed by atoms with E-state index in [4.69, 9.17) is 0 Å². The molecular weight excluding hydrogens is 310 g/mol. The van der Waals surface area contributed by atoms with Crippen LogP contribution in [0.5, 0.6) is 11.5 Å². The predicted molar refractivity (Wildman–Crippen MR) is 75.1 cm³/mol. The average molecular weight is 322 g/mol. The largest absolute Gasteiger partial charge is 0.508 e. The number of hydrogen-bond acceptors (Lipinski definition) is 3. The number of phenolic OH excluding ortho intramolecular Hbond substituents is 2. The number of carbonyl (C=O) groups excluding carboxylic acids is 1. The highest BCUT2D eigenvalue weighted by Gasteiger charge is 2.11. The fraction of sp³-hybridized carbons (Fsp3) is 0.0714. The van der Waals surface area contributed by atoms with Crippen LogP contribution < -0.4 is 5.32 Å². The Hall–Kier alpha value is -2.01. The van der Waals surface area contributed by atoms with Crippen molar-refractivity contribution in [1.82, 2.24) is 5.32 Å². The number of carbonyl (C=O) groups is 1. The molecule has 0 spiro atoms. The lowest BCUT2D eigenvalue weighted by Gasteiger charge is -2.08. The summed E-state index contributed by atoms with van der Waals surface area (Å²) in [6.07, 6.45) is 0. The van der Waals surface area contributed by atoms with Crippen molar-refractivity contribution < 1.29 is 15.0 Å². The van der Waals surface area contributed by atoms with Gasteiger partial charge in [0.15, 0.2) is 0 Å². The van der Waals surface area contributed by atoms with E-state index in [1.807, 2.05) is 0 Å². The van der Waals surface area contributed by atoms with Crippen molar-refractivity contribution in [2.24, 2.45) is 0 Å². The summed E-state index contributed by atoms with van der Waals surface area (Å²) in [6.45, 7) is 0.195. The van der Waals surface area contributed by atoms with Gasteiger partial charge in [-0.15, -0.1) is 0 Å². The molecule has 0 aromatic heterocycles. The Morgan fingerprint density at radius 2 is 1.84 bits per heavy atom. The molecule has 0 radical (unpaired) electrons. The minimum absolute atomic E-state index is 0.0934. The fourth-order valence-electron chi connectivity index (χ4n) is 1.63. The minimum Gasteiger partial charge on any atom is -0.508 e. The Morgan fingerprint density at radius 1 is 1.11 bits per heavy atom. The number of hydrogen-bond donors (Lipinski definition) is 3. The van der Waals surface area contributed by atoms with E-state index in [9.17, 15) is 15.0 Å². The molecule has 5 heteroatoms. The smallest absolute Gasteiger partial charge is 0.255 e. The zero-order chi connectivity index (χ0) is 13.8. The highest BCUT2D eigenvalue weighted by Crippen LogP contribution is 2.22. The third-order valence-corrected chi connectivity index (χ3v) is 3.13. The van der Waals surface area contributed by atoms with Crippen LogP contribution in [-0.2, 0) is 6.54 Å². The molecule has 0 aliphatic carbocycles. The summed E-state index contributed by atoms with van der Waals surface area (Å²) in [6, 6.07) is 11.4. The second-order valence-electron chi connectivity index (χ2n) is 3.97. The molecule has 98 valence electrons. The maximum absolute atomic E-state index is 11.9. The van der Waals surface area contributed by atoms with Crippen molar-refractivity contribution in [2.75, 3.05) is 0 Å². The molecule has 2 rings (SSSR count). The number of nitrogens with one attached hydrogen (secondary N) is 1. The molecule has 4 nitrogen and oxygen atoms in total. The molecule has 0 aliphatic heterocycles. The molecule has 19 heavy (non-hydrogen) atoms. The van der Waals surface area contributed by atoms with E-state index >= 15 is 0 Å². The molecule has 0 fully saturated rings. The van der Waals surface area contributed by atoms with Gasteiger partial charge in [-0.05, 0) is 24.3 Å². The van der Waals surface area contributed by atoms with Crippen LogP contribution in [0.2, 0.25) is 0 Å². The first-order valence-corrected chi connectivity index (χ1v) is 6.41. The first-order valence-electron chi connectivity index (χ1n) is 5.61. The summed E-state index contributed by atoms with van der Waals surface area (Å²) in [5.74, 6) is -0.361. The summed E-state index contributed by atoms with van der Waals surface area (Å²) < 4.78 is 0.697. The number of aromatic hydroxyl groups is 2. The average Bonchev–Trinajstić information content (AvgIpc) is 2.37. The Labute approximate surface area is 118 Å². The minimum atomic E-state index is -0.395. The molecule has 0 bridgehead atoms. The van der Waals surface area contributed by atoms with Crippen LogP contribution in [0.25, 0.3) is 0 Å². The Kier molecular flexibility index (Phi) is 4.06. The molecule has 0 unspecified atom stereocenters. The van der Waals surface area contributed by atoms with E-state index in [1.54, 1.807) is 30.3 Å². The molecule has 2 aromatic rings. The van der Waals surface area contributed by atoms with Crippen LogP contribution in [0, 0.1) is 0 Å². The third-order valence-electron chi connectivity index (χ3n) is 2.64. The number of phenols is 2. The lowest BCUT2D eigenvalue weighted by Crippen LogP contribution is -2.22. The molecule has 0 saturated carbocycles. The summed E-state index contributed by atoms with van der Waals surface area (Å²) in [7, 11) is 0. The van der Waals surface area contributed by atoms with E-state index in [1.165, 1.54) is 12.1 Å². The highest BCUT2D eigenvalue weighted by atomic mass is 79.9. The van der Waals surface area contributed by atoms with Crippen molar-refractivity contribution >= 4 is 21.8 Å². The first-order chi connectivity index (χ1) is 9.08. The predicted octanol–water partition coefficient (Wildman–Crippen LogP) is 2.79. The van der Waals surface area contributed by atoms with Gasteiger partial charge in [0.1, 0.15) is 11.5 Å². The molecule has 0 heterocycles. The lowest BCUT2D eigenvalue weighted by molar-refractivity contribution is 0.0948.